The number of nitrogens with two attached hydrogens (primary N) is 1. The van der Waals surface area contributed by atoms with Crippen LogP contribution in [0.25, 0.3) is 0 Å². The van der Waals surface area contributed by atoms with Crippen molar-refractivity contribution in [2.24, 2.45) is 5.73 Å². The molecule has 88 valence electrons. The molecule has 1 heterocycles. The van der Waals surface area contributed by atoms with Gasteiger partial charge in [0.15, 0.2) is 0 Å². The summed E-state index contributed by atoms with van der Waals surface area (Å²) in [7, 11) is 0. The molecular weight excluding hydrogens is 286 g/mol. The standard InChI is InChI=1S/C9H9BrF2N2O2/c10-8-5(2-13)4(1-7(15)16)6(3-14-8)9(11)12/h3,9H,1-2,13H2,(H,15,16). The molecule has 3 N–H and O–H groups in total. The summed E-state index contributed by atoms with van der Waals surface area (Å²) in [5.74, 6) is -1.19. The Bertz CT molecular complexity index is 413. The molecule has 16 heavy (non-hydrogen) atoms. The summed E-state index contributed by atoms with van der Waals surface area (Å²) in [4.78, 5) is 14.3. The fraction of sp³-hybridized carbons (Fsp3) is 0.333. The van der Waals surface area contributed by atoms with E-state index >= 15 is 0 Å². The number of hydrogen-bond donors (Lipinski definition) is 2. The fourth-order valence-electron chi connectivity index (χ4n) is 1.34. The Balaban J connectivity index is 3.34. The van der Waals surface area contributed by atoms with Gasteiger partial charge in [0.25, 0.3) is 6.43 Å². The first-order chi connectivity index (χ1) is 7.47. The third-order valence-electron chi connectivity index (χ3n) is 2.05. The zero-order valence-corrected chi connectivity index (χ0v) is 9.67. The van der Waals surface area contributed by atoms with Crippen LogP contribution in [0.5, 0.6) is 0 Å². The number of halogens is 3. The van der Waals surface area contributed by atoms with Crippen molar-refractivity contribution in [2.45, 2.75) is 19.4 Å². The van der Waals surface area contributed by atoms with Gasteiger partial charge in [-0.2, -0.15) is 0 Å². The molecule has 0 aliphatic heterocycles. The molecular formula is C9H9BrF2N2O2. The van der Waals surface area contributed by atoms with Crippen molar-refractivity contribution in [2.75, 3.05) is 0 Å². The molecule has 0 aliphatic rings. The molecule has 0 fully saturated rings. The van der Waals surface area contributed by atoms with E-state index in [1.54, 1.807) is 0 Å². The van der Waals surface area contributed by atoms with Gasteiger partial charge in [0.05, 0.1) is 6.42 Å². The van der Waals surface area contributed by atoms with Crippen molar-refractivity contribution in [3.05, 3.63) is 27.5 Å². The molecule has 0 bridgehead atoms. The van der Waals surface area contributed by atoms with Crippen LogP contribution in [0.1, 0.15) is 23.1 Å². The number of aliphatic carboxylic acids is 1. The maximum atomic E-state index is 12.6. The van der Waals surface area contributed by atoms with Crippen LogP contribution in [0, 0.1) is 0 Å². The molecule has 1 aromatic heterocycles. The highest BCUT2D eigenvalue weighted by atomic mass is 79.9. The van der Waals surface area contributed by atoms with Crippen LogP contribution in [-0.4, -0.2) is 16.1 Å². The summed E-state index contributed by atoms with van der Waals surface area (Å²) in [5.41, 5.74) is 5.34. The average Bonchev–Trinajstić information content (AvgIpc) is 2.16. The van der Waals surface area contributed by atoms with Gasteiger partial charge >= 0.3 is 5.97 Å². The van der Waals surface area contributed by atoms with Crippen LogP contribution in [0.4, 0.5) is 8.78 Å². The Morgan fingerprint density at radius 1 is 1.56 bits per heavy atom. The Morgan fingerprint density at radius 2 is 2.19 bits per heavy atom. The Morgan fingerprint density at radius 3 is 2.62 bits per heavy atom. The van der Waals surface area contributed by atoms with E-state index in [4.69, 9.17) is 10.8 Å². The summed E-state index contributed by atoms with van der Waals surface area (Å²) < 4.78 is 25.6. The molecule has 0 saturated heterocycles. The lowest BCUT2D eigenvalue weighted by Crippen LogP contribution is -2.12. The van der Waals surface area contributed by atoms with Crippen molar-refractivity contribution in [1.29, 1.82) is 0 Å². The highest BCUT2D eigenvalue weighted by Gasteiger charge is 2.20. The number of rotatable bonds is 4. The topological polar surface area (TPSA) is 76.2 Å². The van der Waals surface area contributed by atoms with E-state index in [1.165, 1.54) is 0 Å². The van der Waals surface area contributed by atoms with E-state index < -0.39 is 18.8 Å². The molecule has 0 spiro atoms. The Labute approximate surface area is 98.6 Å². The van der Waals surface area contributed by atoms with Crippen LogP contribution >= 0.6 is 15.9 Å². The van der Waals surface area contributed by atoms with E-state index in [1.807, 2.05) is 0 Å². The van der Waals surface area contributed by atoms with Gasteiger partial charge in [0.1, 0.15) is 4.60 Å². The summed E-state index contributed by atoms with van der Waals surface area (Å²) in [6.07, 6.45) is -2.29. The van der Waals surface area contributed by atoms with Gasteiger partial charge in [-0.15, -0.1) is 0 Å². The molecule has 0 radical (unpaired) electrons. The van der Waals surface area contributed by atoms with Crippen molar-refractivity contribution in [3.8, 4) is 0 Å². The number of carboxylic acid groups (broad SMARTS) is 1. The van der Waals surface area contributed by atoms with E-state index in [9.17, 15) is 13.6 Å². The van der Waals surface area contributed by atoms with Crippen molar-refractivity contribution >= 4 is 21.9 Å². The van der Waals surface area contributed by atoms with E-state index in [-0.39, 0.29) is 17.7 Å². The minimum Gasteiger partial charge on any atom is -0.481 e. The molecule has 0 amide bonds. The van der Waals surface area contributed by atoms with Crippen LogP contribution in [0.2, 0.25) is 0 Å². The third-order valence-corrected chi connectivity index (χ3v) is 2.73. The van der Waals surface area contributed by atoms with Crippen molar-refractivity contribution in [3.63, 3.8) is 0 Å². The Hall–Kier alpha value is -1.08. The smallest absolute Gasteiger partial charge is 0.307 e. The van der Waals surface area contributed by atoms with Gasteiger partial charge < -0.3 is 10.8 Å². The number of carbonyl (C=O) groups is 1. The number of aromatic nitrogens is 1. The minimum atomic E-state index is -2.76. The van der Waals surface area contributed by atoms with Gasteiger partial charge in [-0.05, 0) is 21.5 Å². The van der Waals surface area contributed by atoms with Gasteiger partial charge in [-0.1, -0.05) is 0 Å². The molecule has 4 nitrogen and oxygen atoms in total. The van der Waals surface area contributed by atoms with Crippen molar-refractivity contribution in [1.82, 2.24) is 4.98 Å². The molecule has 0 unspecified atom stereocenters. The van der Waals surface area contributed by atoms with Crippen LogP contribution in [0.15, 0.2) is 10.8 Å². The lowest BCUT2D eigenvalue weighted by atomic mass is 10.0. The third kappa shape index (κ3) is 2.73. The van der Waals surface area contributed by atoms with Gasteiger partial charge in [-0.25, -0.2) is 13.8 Å². The predicted octanol–water partition coefficient (Wildman–Crippen LogP) is 1.87. The summed E-state index contributed by atoms with van der Waals surface area (Å²) in [6.45, 7) is -0.0449. The number of nitrogens with zero attached hydrogens (tertiary/aromatic N) is 1. The average molecular weight is 295 g/mol. The first kappa shape index (κ1) is 13.0. The lowest BCUT2D eigenvalue weighted by Gasteiger charge is -2.12. The highest BCUT2D eigenvalue weighted by molar-refractivity contribution is 9.10. The molecule has 1 aromatic rings. The second-order valence-corrected chi connectivity index (χ2v) is 3.79. The normalized spacial score (nSPS) is 10.8. The summed E-state index contributed by atoms with van der Waals surface area (Å²) >= 11 is 3.05. The molecule has 0 atom stereocenters. The lowest BCUT2D eigenvalue weighted by molar-refractivity contribution is -0.136. The van der Waals surface area contributed by atoms with Crippen LogP contribution in [0.3, 0.4) is 0 Å². The van der Waals surface area contributed by atoms with Crippen LogP contribution < -0.4 is 5.73 Å². The largest absolute Gasteiger partial charge is 0.481 e. The molecule has 0 aliphatic carbocycles. The zero-order valence-electron chi connectivity index (χ0n) is 8.08. The minimum absolute atomic E-state index is 0.0341. The quantitative estimate of drug-likeness (QED) is 0.831. The molecule has 1 rings (SSSR count). The summed E-state index contributed by atoms with van der Waals surface area (Å²) in [6, 6.07) is 0. The zero-order chi connectivity index (χ0) is 12.3. The second kappa shape index (κ2) is 5.31. The maximum Gasteiger partial charge on any atom is 0.307 e. The van der Waals surface area contributed by atoms with Crippen LogP contribution in [-0.2, 0) is 17.8 Å². The number of hydrogen-bond acceptors (Lipinski definition) is 3. The first-order valence-corrected chi connectivity index (χ1v) is 5.12. The number of carboxylic acids is 1. The number of pyridine rings is 1. The maximum absolute atomic E-state index is 12.6. The van der Waals surface area contributed by atoms with Gasteiger partial charge in [0.2, 0.25) is 0 Å². The van der Waals surface area contributed by atoms with E-state index in [2.05, 4.69) is 20.9 Å². The first-order valence-electron chi connectivity index (χ1n) is 4.33. The second-order valence-electron chi connectivity index (χ2n) is 3.04. The van der Waals surface area contributed by atoms with Crippen molar-refractivity contribution < 1.29 is 18.7 Å². The highest BCUT2D eigenvalue weighted by Crippen LogP contribution is 2.28. The molecule has 0 saturated carbocycles. The summed E-state index contributed by atoms with van der Waals surface area (Å²) in [5, 5.41) is 8.66. The molecule has 7 heteroatoms. The SMILES string of the molecule is NCc1c(Br)ncc(C(F)F)c1CC(=O)O. The Kier molecular flexibility index (Phi) is 4.31. The number of alkyl halides is 2. The predicted molar refractivity (Wildman–Crippen MR) is 56.1 cm³/mol. The molecule has 0 aromatic carbocycles. The van der Waals surface area contributed by atoms with Gasteiger partial charge in [-0.3, -0.25) is 4.79 Å². The monoisotopic (exact) mass is 294 g/mol. The fourth-order valence-corrected chi connectivity index (χ4v) is 1.84. The van der Waals surface area contributed by atoms with Gasteiger partial charge in [0, 0.05) is 23.9 Å². The van der Waals surface area contributed by atoms with E-state index in [0.29, 0.717) is 10.2 Å². The van der Waals surface area contributed by atoms with E-state index in [0.717, 1.165) is 6.20 Å².